The van der Waals surface area contributed by atoms with Crippen LogP contribution in [0.4, 0.5) is 0 Å². The maximum Gasteiger partial charge on any atom is 0.225 e. The highest BCUT2D eigenvalue weighted by Gasteiger charge is 2.31. The number of carbonyl (C=O) groups excluding carboxylic acids is 1. The lowest BCUT2D eigenvalue weighted by molar-refractivity contribution is -0.126. The van der Waals surface area contributed by atoms with E-state index in [1.807, 2.05) is 0 Å². The van der Waals surface area contributed by atoms with Crippen molar-refractivity contribution < 1.29 is 14.6 Å². The van der Waals surface area contributed by atoms with E-state index in [1.165, 1.54) is 0 Å². The highest BCUT2D eigenvalue weighted by molar-refractivity contribution is 5.79. The predicted molar refractivity (Wildman–Crippen MR) is 55.3 cm³/mol. The predicted octanol–water partition coefficient (Wildman–Crippen LogP) is 0.300. The first-order valence-electron chi connectivity index (χ1n) is 5.80. The second-order valence-corrected chi connectivity index (χ2v) is 4.55. The number of carbonyl (C=O) groups is 1. The van der Waals surface area contributed by atoms with E-state index in [0.29, 0.717) is 13.2 Å². The number of nitrogens with one attached hydrogen (secondary N) is 1. The summed E-state index contributed by atoms with van der Waals surface area (Å²) in [6.07, 6.45) is 3.98. The summed E-state index contributed by atoms with van der Waals surface area (Å²) in [5, 5.41) is 12.2. The van der Waals surface area contributed by atoms with Crippen LogP contribution in [-0.4, -0.2) is 36.9 Å². The van der Waals surface area contributed by atoms with Crippen LogP contribution in [0.25, 0.3) is 0 Å². The molecule has 1 amide bonds. The fourth-order valence-corrected chi connectivity index (χ4v) is 2.49. The highest BCUT2D eigenvalue weighted by Crippen LogP contribution is 2.25. The lowest BCUT2D eigenvalue weighted by Crippen LogP contribution is -2.41. The molecule has 1 aliphatic carbocycles. The van der Waals surface area contributed by atoms with E-state index in [0.717, 1.165) is 25.7 Å². The molecule has 0 radical (unpaired) electrons. The Kier molecular flexibility index (Phi) is 3.59. The summed E-state index contributed by atoms with van der Waals surface area (Å²) in [5.41, 5.74) is 0. The molecule has 3 atom stereocenters. The van der Waals surface area contributed by atoms with Gasteiger partial charge in [-0.25, -0.2) is 0 Å². The Morgan fingerprint density at radius 2 is 2.27 bits per heavy atom. The molecular formula is C11H19NO3. The van der Waals surface area contributed by atoms with E-state index in [1.54, 1.807) is 0 Å². The highest BCUT2D eigenvalue weighted by atomic mass is 16.5. The van der Waals surface area contributed by atoms with Gasteiger partial charge in [0, 0.05) is 25.2 Å². The average Bonchev–Trinajstić information content (AvgIpc) is 2.87. The van der Waals surface area contributed by atoms with Crippen LogP contribution in [0.2, 0.25) is 0 Å². The third-order valence-corrected chi connectivity index (χ3v) is 3.52. The van der Waals surface area contributed by atoms with Gasteiger partial charge in [-0.1, -0.05) is 6.42 Å². The van der Waals surface area contributed by atoms with Crippen molar-refractivity contribution in [1.82, 2.24) is 5.32 Å². The molecule has 2 fully saturated rings. The first-order chi connectivity index (χ1) is 7.31. The summed E-state index contributed by atoms with van der Waals surface area (Å²) in [5.74, 6) is 0.402. The summed E-state index contributed by atoms with van der Waals surface area (Å²) in [6, 6.07) is 0.183. The quantitative estimate of drug-likeness (QED) is 0.709. The number of aliphatic hydroxyl groups excluding tert-OH is 1. The van der Waals surface area contributed by atoms with Gasteiger partial charge in [0.25, 0.3) is 0 Å². The number of hydrogen-bond acceptors (Lipinski definition) is 3. The Bertz CT molecular complexity index is 226. The van der Waals surface area contributed by atoms with E-state index in [9.17, 15) is 4.79 Å². The van der Waals surface area contributed by atoms with Crippen LogP contribution in [0, 0.1) is 11.8 Å². The van der Waals surface area contributed by atoms with Gasteiger partial charge >= 0.3 is 0 Å². The van der Waals surface area contributed by atoms with Crippen LogP contribution in [0.1, 0.15) is 25.7 Å². The van der Waals surface area contributed by atoms with E-state index in [-0.39, 0.29) is 30.4 Å². The lowest BCUT2D eigenvalue weighted by Gasteiger charge is -2.20. The summed E-state index contributed by atoms with van der Waals surface area (Å²) < 4.78 is 5.19. The number of amides is 1. The number of ether oxygens (including phenoxy) is 1. The zero-order valence-electron chi connectivity index (χ0n) is 8.95. The molecule has 1 aliphatic heterocycles. The molecule has 0 bridgehead atoms. The van der Waals surface area contributed by atoms with Crippen LogP contribution in [0.15, 0.2) is 0 Å². The van der Waals surface area contributed by atoms with Crippen LogP contribution >= 0.6 is 0 Å². The van der Waals surface area contributed by atoms with Crippen molar-refractivity contribution >= 4 is 5.91 Å². The van der Waals surface area contributed by atoms with Gasteiger partial charge in [-0.05, 0) is 19.3 Å². The molecule has 2 rings (SSSR count). The molecule has 3 unspecified atom stereocenters. The zero-order chi connectivity index (χ0) is 10.7. The molecular weight excluding hydrogens is 194 g/mol. The fourth-order valence-electron chi connectivity index (χ4n) is 2.49. The van der Waals surface area contributed by atoms with Crippen LogP contribution in [-0.2, 0) is 9.53 Å². The van der Waals surface area contributed by atoms with E-state index < -0.39 is 0 Å². The first kappa shape index (κ1) is 10.9. The molecule has 0 aromatic carbocycles. The van der Waals surface area contributed by atoms with Crippen molar-refractivity contribution in [3.05, 3.63) is 0 Å². The minimum Gasteiger partial charge on any atom is -0.396 e. The normalized spacial score (nSPS) is 35.7. The second kappa shape index (κ2) is 4.94. The van der Waals surface area contributed by atoms with Crippen molar-refractivity contribution in [3.8, 4) is 0 Å². The molecule has 0 aromatic heterocycles. The molecule has 1 heterocycles. The molecule has 0 aromatic rings. The Labute approximate surface area is 90.0 Å². The molecule has 4 heteroatoms. The van der Waals surface area contributed by atoms with E-state index >= 15 is 0 Å². The Hall–Kier alpha value is -0.610. The molecule has 1 saturated carbocycles. The van der Waals surface area contributed by atoms with Gasteiger partial charge in [-0.15, -0.1) is 0 Å². The Morgan fingerprint density at radius 3 is 2.93 bits per heavy atom. The smallest absolute Gasteiger partial charge is 0.225 e. The van der Waals surface area contributed by atoms with Gasteiger partial charge in [0.05, 0.1) is 12.5 Å². The van der Waals surface area contributed by atoms with Gasteiger partial charge in [-0.2, -0.15) is 0 Å². The molecule has 2 aliphatic rings. The fraction of sp³-hybridized carbons (Fsp3) is 0.909. The van der Waals surface area contributed by atoms with Crippen molar-refractivity contribution in [3.63, 3.8) is 0 Å². The van der Waals surface area contributed by atoms with Gasteiger partial charge in [0.2, 0.25) is 5.91 Å². The van der Waals surface area contributed by atoms with Crippen LogP contribution in [0.3, 0.4) is 0 Å². The topological polar surface area (TPSA) is 58.6 Å². The molecule has 2 N–H and O–H groups in total. The summed E-state index contributed by atoms with van der Waals surface area (Å²) >= 11 is 0. The van der Waals surface area contributed by atoms with Crippen molar-refractivity contribution in [2.45, 2.75) is 31.7 Å². The second-order valence-electron chi connectivity index (χ2n) is 4.55. The minimum absolute atomic E-state index is 0.0324. The van der Waals surface area contributed by atoms with Gasteiger partial charge in [0.1, 0.15) is 0 Å². The van der Waals surface area contributed by atoms with E-state index in [2.05, 4.69) is 5.32 Å². The molecule has 4 nitrogen and oxygen atoms in total. The molecule has 15 heavy (non-hydrogen) atoms. The maximum atomic E-state index is 11.8. The number of aliphatic hydroxyl groups is 1. The summed E-state index contributed by atoms with van der Waals surface area (Å²) in [7, 11) is 0. The van der Waals surface area contributed by atoms with Crippen molar-refractivity contribution in [2.75, 3.05) is 19.8 Å². The van der Waals surface area contributed by atoms with Crippen molar-refractivity contribution in [1.29, 1.82) is 0 Å². The van der Waals surface area contributed by atoms with Gasteiger partial charge in [0.15, 0.2) is 0 Å². The third kappa shape index (κ3) is 2.49. The monoisotopic (exact) mass is 213 g/mol. The van der Waals surface area contributed by atoms with Crippen LogP contribution < -0.4 is 5.32 Å². The van der Waals surface area contributed by atoms with E-state index in [4.69, 9.17) is 9.84 Å². The van der Waals surface area contributed by atoms with Gasteiger partial charge < -0.3 is 15.2 Å². The van der Waals surface area contributed by atoms with Gasteiger partial charge in [-0.3, -0.25) is 4.79 Å². The molecule has 1 saturated heterocycles. The summed E-state index contributed by atoms with van der Waals surface area (Å²) in [4.78, 5) is 11.8. The van der Waals surface area contributed by atoms with Crippen molar-refractivity contribution in [2.24, 2.45) is 11.8 Å². The Balaban J connectivity index is 1.82. The zero-order valence-corrected chi connectivity index (χ0v) is 8.95. The number of rotatable bonds is 3. The maximum absolute atomic E-state index is 11.8. The SMILES string of the molecule is O=C(NC1CCCC1CO)C1CCOC1. The number of hydrogen-bond donors (Lipinski definition) is 2. The third-order valence-electron chi connectivity index (χ3n) is 3.52. The minimum atomic E-state index is 0.0324. The molecule has 86 valence electrons. The summed E-state index contributed by atoms with van der Waals surface area (Å²) in [6.45, 7) is 1.45. The lowest BCUT2D eigenvalue weighted by atomic mass is 10.0. The average molecular weight is 213 g/mol. The first-order valence-corrected chi connectivity index (χ1v) is 5.80. The van der Waals surface area contributed by atoms with Crippen LogP contribution in [0.5, 0.6) is 0 Å². The molecule has 0 spiro atoms. The largest absolute Gasteiger partial charge is 0.396 e. The standard InChI is InChI=1S/C11H19NO3/c13-6-8-2-1-3-10(8)12-11(14)9-4-5-15-7-9/h8-10,13H,1-7H2,(H,12,14). The Morgan fingerprint density at radius 1 is 1.40 bits per heavy atom.